The van der Waals surface area contributed by atoms with E-state index in [2.05, 4.69) is 57.2 Å². The van der Waals surface area contributed by atoms with Crippen LogP contribution >= 0.6 is 0 Å². The summed E-state index contributed by atoms with van der Waals surface area (Å²) in [5, 5.41) is 5.18. The lowest BCUT2D eigenvalue weighted by Gasteiger charge is -2.26. The fourth-order valence-electron chi connectivity index (χ4n) is 3.08. The van der Waals surface area contributed by atoms with Gasteiger partial charge in [0, 0.05) is 5.41 Å². The van der Waals surface area contributed by atoms with Crippen molar-refractivity contribution in [1.82, 2.24) is 0 Å². The summed E-state index contributed by atoms with van der Waals surface area (Å²) in [7, 11) is -3.71. The second-order valence-corrected chi connectivity index (χ2v) is 9.06. The molecule has 5 heteroatoms. The molecular formula is C23H25NO3S. The maximum atomic E-state index is 11.5. The number of rotatable bonds is 6. The molecule has 4 nitrogen and oxygen atoms in total. The Kier molecular flexibility index (Phi) is 5.59. The smallest absolute Gasteiger partial charge is 0.238 e. The summed E-state index contributed by atoms with van der Waals surface area (Å²) in [5.41, 5.74) is 4.33. The van der Waals surface area contributed by atoms with Gasteiger partial charge >= 0.3 is 0 Å². The number of primary sulfonamides is 1. The highest BCUT2D eigenvalue weighted by molar-refractivity contribution is 7.89. The van der Waals surface area contributed by atoms with Crippen LogP contribution in [0, 0.1) is 6.92 Å². The third-order valence-electron chi connectivity index (χ3n) is 4.98. The average Bonchev–Trinajstić information content (AvgIpc) is 2.67. The van der Waals surface area contributed by atoms with Crippen molar-refractivity contribution in [2.75, 3.05) is 0 Å². The highest BCUT2D eigenvalue weighted by atomic mass is 32.2. The van der Waals surface area contributed by atoms with Gasteiger partial charge in [0.25, 0.3) is 0 Å². The first-order valence-electron chi connectivity index (χ1n) is 9.08. The fourth-order valence-corrected chi connectivity index (χ4v) is 3.67. The van der Waals surface area contributed by atoms with E-state index in [0.717, 1.165) is 11.3 Å². The SMILES string of the molecule is Cc1ccc(C(C)(C)c2ccc(OCc3cccc(S(N)(=O)=O)c3)cc2)cc1. The Morgan fingerprint density at radius 2 is 1.46 bits per heavy atom. The van der Waals surface area contributed by atoms with Crippen molar-refractivity contribution in [3.8, 4) is 5.75 Å². The van der Waals surface area contributed by atoms with E-state index in [-0.39, 0.29) is 16.9 Å². The van der Waals surface area contributed by atoms with E-state index in [0.29, 0.717) is 0 Å². The molecule has 0 aromatic heterocycles. The maximum absolute atomic E-state index is 11.5. The minimum absolute atomic E-state index is 0.0868. The Balaban J connectivity index is 1.72. The van der Waals surface area contributed by atoms with Gasteiger partial charge in [-0.3, -0.25) is 0 Å². The second kappa shape index (κ2) is 7.78. The molecule has 0 heterocycles. The van der Waals surface area contributed by atoms with Gasteiger partial charge in [0.15, 0.2) is 0 Å². The van der Waals surface area contributed by atoms with E-state index in [4.69, 9.17) is 9.88 Å². The zero-order valence-corrected chi connectivity index (χ0v) is 17.2. The lowest BCUT2D eigenvalue weighted by atomic mass is 9.78. The van der Waals surface area contributed by atoms with Crippen molar-refractivity contribution in [2.24, 2.45) is 5.14 Å². The fraction of sp³-hybridized carbons (Fsp3) is 0.217. The van der Waals surface area contributed by atoms with Crippen LogP contribution in [0.5, 0.6) is 5.75 Å². The highest BCUT2D eigenvalue weighted by Gasteiger charge is 2.22. The summed E-state index contributed by atoms with van der Waals surface area (Å²) in [6.07, 6.45) is 0. The Hall–Kier alpha value is -2.63. The Morgan fingerprint density at radius 3 is 2.04 bits per heavy atom. The summed E-state index contributed by atoms with van der Waals surface area (Å²) in [5.74, 6) is 0.726. The largest absolute Gasteiger partial charge is 0.489 e. The van der Waals surface area contributed by atoms with Gasteiger partial charge < -0.3 is 4.74 Å². The van der Waals surface area contributed by atoms with E-state index in [1.165, 1.54) is 28.8 Å². The number of benzene rings is 3. The first-order valence-corrected chi connectivity index (χ1v) is 10.6. The van der Waals surface area contributed by atoms with E-state index >= 15 is 0 Å². The Bertz CT molecular complexity index is 1050. The number of hydrogen-bond acceptors (Lipinski definition) is 3. The molecule has 0 amide bonds. The van der Waals surface area contributed by atoms with Crippen LogP contribution in [0.4, 0.5) is 0 Å². The topological polar surface area (TPSA) is 69.4 Å². The van der Waals surface area contributed by atoms with Crippen LogP contribution in [0.2, 0.25) is 0 Å². The maximum Gasteiger partial charge on any atom is 0.238 e. The minimum Gasteiger partial charge on any atom is -0.489 e. The van der Waals surface area contributed by atoms with Gasteiger partial charge in [-0.25, -0.2) is 13.6 Å². The number of nitrogens with two attached hydrogens (primary N) is 1. The summed E-state index contributed by atoms with van der Waals surface area (Å²) in [4.78, 5) is 0.0868. The van der Waals surface area contributed by atoms with Crippen molar-refractivity contribution in [3.63, 3.8) is 0 Å². The molecule has 3 aromatic rings. The number of ether oxygens (including phenoxy) is 1. The standard InChI is InChI=1S/C23H25NO3S/c1-17-7-9-19(10-8-17)23(2,3)20-11-13-21(14-12-20)27-16-18-5-4-6-22(15-18)28(24,25)26/h4-15H,16H2,1-3H3,(H2,24,25,26). The molecule has 3 rings (SSSR count). The molecule has 2 N–H and O–H groups in total. The van der Waals surface area contributed by atoms with Gasteiger partial charge in [-0.05, 0) is 47.9 Å². The summed E-state index contributed by atoms with van der Waals surface area (Å²) < 4.78 is 28.7. The molecular weight excluding hydrogens is 370 g/mol. The second-order valence-electron chi connectivity index (χ2n) is 7.50. The van der Waals surface area contributed by atoms with Crippen molar-refractivity contribution >= 4 is 10.0 Å². The van der Waals surface area contributed by atoms with Crippen LogP contribution in [-0.2, 0) is 22.0 Å². The zero-order chi connectivity index (χ0) is 20.4. The van der Waals surface area contributed by atoms with Gasteiger partial charge in [0.1, 0.15) is 12.4 Å². The van der Waals surface area contributed by atoms with E-state index in [1.807, 2.05) is 18.2 Å². The molecule has 28 heavy (non-hydrogen) atoms. The monoisotopic (exact) mass is 395 g/mol. The van der Waals surface area contributed by atoms with Crippen LogP contribution in [0.15, 0.2) is 77.7 Å². The Morgan fingerprint density at radius 1 is 0.893 bits per heavy atom. The summed E-state index contributed by atoms with van der Waals surface area (Å²) in [6, 6.07) is 23.1. The summed E-state index contributed by atoms with van der Waals surface area (Å²) in [6.45, 7) is 6.75. The molecule has 0 aliphatic carbocycles. The Labute approximate surface area is 167 Å². The molecule has 0 saturated heterocycles. The van der Waals surface area contributed by atoms with Crippen molar-refractivity contribution in [2.45, 2.75) is 37.7 Å². The third-order valence-corrected chi connectivity index (χ3v) is 5.89. The van der Waals surface area contributed by atoms with Crippen molar-refractivity contribution < 1.29 is 13.2 Å². The lowest BCUT2D eigenvalue weighted by Crippen LogP contribution is -2.18. The highest BCUT2D eigenvalue weighted by Crippen LogP contribution is 2.32. The van der Waals surface area contributed by atoms with Gasteiger partial charge in [-0.1, -0.05) is 67.9 Å². The molecule has 0 saturated carbocycles. The number of hydrogen-bond donors (Lipinski definition) is 1. The molecule has 0 aliphatic heterocycles. The average molecular weight is 396 g/mol. The lowest BCUT2D eigenvalue weighted by molar-refractivity contribution is 0.305. The van der Waals surface area contributed by atoms with Crippen LogP contribution in [0.25, 0.3) is 0 Å². The van der Waals surface area contributed by atoms with Crippen LogP contribution in [0.3, 0.4) is 0 Å². The first-order chi connectivity index (χ1) is 13.2. The normalized spacial score (nSPS) is 12.0. The molecule has 0 unspecified atom stereocenters. The predicted octanol–water partition coefficient (Wildman–Crippen LogP) is 4.55. The molecule has 0 aliphatic rings. The predicted molar refractivity (Wildman–Crippen MR) is 112 cm³/mol. The van der Waals surface area contributed by atoms with Gasteiger partial charge in [0.05, 0.1) is 4.90 Å². The van der Waals surface area contributed by atoms with Gasteiger partial charge in [-0.15, -0.1) is 0 Å². The molecule has 146 valence electrons. The molecule has 0 spiro atoms. The quantitative estimate of drug-likeness (QED) is 0.666. The van der Waals surface area contributed by atoms with E-state index < -0.39 is 10.0 Å². The van der Waals surface area contributed by atoms with Crippen molar-refractivity contribution in [3.05, 3.63) is 95.1 Å². The molecule has 3 aromatic carbocycles. The van der Waals surface area contributed by atoms with E-state index in [1.54, 1.807) is 6.07 Å². The molecule has 0 fully saturated rings. The van der Waals surface area contributed by atoms with Crippen molar-refractivity contribution in [1.29, 1.82) is 0 Å². The molecule has 0 bridgehead atoms. The summed E-state index contributed by atoms with van der Waals surface area (Å²) >= 11 is 0. The number of aryl methyl sites for hydroxylation is 1. The van der Waals surface area contributed by atoms with E-state index in [9.17, 15) is 8.42 Å². The number of sulfonamides is 1. The first kappa shape index (κ1) is 20.1. The van der Waals surface area contributed by atoms with Crippen LogP contribution in [-0.4, -0.2) is 8.42 Å². The van der Waals surface area contributed by atoms with Gasteiger partial charge in [-0.2, -0.15) is 0 Å². The molecule has 0 atom stereocenters. The molecule has 0 radical (unpaired) electrons. The van der Waals surface area contributed by atoms with Crippen LogP contribution < -0.4 is 9.88 Å². The third kappa shape index (κ3) is 4.61. The van der Waals surface area contributed by atoms with Gasteiger partial charge in [0.2, 0.25) is 10.0 Å². The zero-order valence-electron chi connectivity index (χ0n) is 16.3. The van der Waals surface area contributed by atoms with Crippen LogP contribution in [0.1, 0.15) is 36.1 Å². The minimum atomic E-state index is -3.71.